The first-order valence-corrected chi connectivity index (χ1v) is 8.90. The number of thiazole rings is 1. The molecule has 1 unspecified atom stereocenters. The fraction of sp³-hybridized carbons (Fsp3) is 0.312. The SMILES string of the molecule is Cc1nc(C)c(C(C)NCc2sc3ccccc3c2Cl)s1. The predicted molar refractivity (Wildman–Crippen MR) is 93.7 cm³/mol. The Kier molecular flexibility index (Phi) is 4.31. The van der Waals surface area contributed by atoms with Gasteiger partial charge in [0.05, 0.1) is 15.7 Å². The molecule has 1 atom stereocenters. The van der Waals surface area contributed by atoms with Gasteiger partial charge in [0.15, 0.2) is 0 Å². The summed E-state index contributed by atoms with van der Waals surface area (Å²) in [6.45, 7) is 7.09. The third kappa shape index (κ3) is 2.99. The van der Waals surface area contributed by atoms with Gasteiger partial charge in [0.2, 0.25) is 0 Å². The molecule has 3 rings (SSSR count). The van der Waals surface area contributed by atoms with E-state index < -0.39 is 0 Å². The zero-order valence-corrected chi connectivity index (χ0v) is 14.6. The van der Waals surface area contributed by atoms with Crippen LogP contribution in [0, 0.1) is 13.8 Å². The first-order valence-electron chi connectivity index (χ1n) is 6.89. The van der Waals surface area contributed by atoms with Gasteiger partial charge >= 0.3 is 0 Å². The molecular weight excluding hydrogens is 320 g/mol. The lowest BCUT2D eigenvalue weighted by Gasteiger charge is -2.12. The average Bonchev–Trinajstić information content (AvgIpc) is 2.97. The molecule has 5 heteroatoms. The van der Waals surface area contributed by atoms with Gasteiger partial charge in [-0.05, 0) is 26.8 Å². The van der Waals surface area contributed by atoms with Gasteiger partial charge in [-0.3, -0.25) is 0 Å². The van der Waals surface area contributed by atoms with E-state index >= 15 is 0 Å². The molecule has 0 amide bonds. The van der Waals surface area contributed by atoms with Crippen molar-refractivity contribution in [1.29, 1.82) is 0 Å². The number of fused-ring (bicyclic) bond motifs is 1. The second kappa shape index (κ2) is 6.05. The summed E-state index contributed by atoms with van der Waals surface area (Å²) in [6.07, 6.45) is 0. The zero-order valence-electron chi connectivity index (χ0n) is 12.2. The van der Waals surface area contributed by atoms with Gasteiger partial charge < -0.3 is 5.32 Å². The number of aromatic nitrogens is 1. The van der Waals surface area contributed by atoms with E-state index in [1.54, 1.807) is 22.7 Å². The van der Waals surface area contributed by atoms with Crippen LogP contribution in [0.2, 0.25) is 5.02 Å². The minimum atomic E-state index is 0.289. The van der Waals surface area contributed by atoms with E-state index in [0.29, 0.717) is 0 Å². The molecule has 0 aliphatic rings. The molecule has 2 heterocycles. The minimum Gasteiger partial charge on any atom is -0.304 e. The maximum Gasteiger partial charge on any atom is 0.0900 e. The molecule has 2 nitrogen and oxygen atoms in total. The van der Waals surface area contributed by atoms with Crippen molar-refractivity contribution in [1.82, 2.24) is 10.3 Å². The van der Waals surface area contributed by atoms with Crippen molar-refractivity contribution < 1.29 is 0 Å². The highest BCUT2D eigenvalue weighted by molar-refractivity contribution is 7.19. The summed E-state index contributed by atoms with van der Waals surface area (Å²) in [6, 6.07) is 8.58. The topological polar surface area (TPSA) is 24.9 Å². The second-order valence-electron chi connectivity index (χ2n) is 5.12. The maximum absolute atomic E-state index is 6.48. The van der Waals surface area contributed by atoms with Crippen molar-refractivity contribution in [2.45, 2.75) is 33.4 Å². The Morgan fingerprint density at radius 2 is 2.00 bits per heavy atom. The molecule has 110 valence electrons. The Bertz CT molecular complexity index is 776. The van der Waals surface area contributed by atoms with Crippen molar-refractivity contribution in [3.8, 4) is 0 Å². The number of nitrogens with zero attached hydrogens (tertiary/aromatic N) is 1. The van der Waals surface area contributed by atoms with Crippen LogP contribution in [0.5, 0.6) is 0 Å². The third-order valence-electron chi connectivity index (χ3n) is 3.50. The molecule has 0 saturated heterocycles. The third-order valence-corrected chi connectivity index (χ3v) is 6.47. The summed E-state index contributed by atoms with van der Waals surface area (Å²) in [4.78, 5) is 7.00. The van der Waals surface area contributed by atoms with Crippen LogP contribution in [0.3, 0.4) is 0 Å². The number of thiophene rings is 1. The predicted octanol–water partition coefficient (Wildman–Crippen LogP) is 5.48. The Hall–Kier alpha value is -0.940. The van der Waals surface area contributed by atoms with Crippen LogP contribution in [0.15, 0.2) is 24.3 Å². The Morgan fingerprint density at radius 1 is 1.24 bits per heavy atom. The quantitative estimate of drug-likeness (QED) is 0.682. The molecule has 3 aromatic rings. The first kappa shape index (κ1) is 15.0. The molecular formula is C16H17ClN2S2. The second-order valence-corrected chi connectivity index (χ2v) is 7.87. The van der Waals surface area contributed by atoms with Crippen LogP contribution in [-0.2, 0) is 6.54 Å². The smallest absolute Gasteiger partial charge is 0.0900 e. The Morgan fingerprint density at radius 3 is 2.67 bits per heavy atom. The van der Waals surface area contributed by atoms with Gasteiger partial charge in [-0.2, -0.15) is 0 Å². The van der Waals surface area contributed by atoms with E-state index in [9.17, 15) is 0 Å². The zero-order chi connectivity index (χ0) is 15.0. The molecule has 0 radical (unpaired) electrons. The van der Waals surface area contributed by atoms with E-state index in [1.807, 2.05) is 6.07 Å². The van der Waals surface area contributed by atoms with Gasteiger partial charge in [-0.15, -0.1) is 22.7 Å². The van der Waals surface area contributed by atoms with Crippen LogP contribution in [0.25, 0.3) is 10.1 Å². The summed E-state index contributed by atoms with van der Waals surface area (Å²) in [7, 11) is 0. The normalized spacial score (nSPS) is 13.0. The van der Waals surface area contributed by atoms with Crippen molar-refractivity contribution in [3.05, 3.63) is 49.7 Å². The Labute approximate surface area is 137 Å². The van der Waals surface area contributed by atoms with Gasteiger partial charge in [-0.25, -0.2) is 4.98 Å². The average molecular weight is 337 g/mol. The minimum absolute atomic E-state index is 0.289. The number of hydrogen-bond donors (Lipinski definition) is 1. The van der Waals surface area contributed by atoms with E-state index in [4.69, 9.17) is 11.6 Å². The summed E-state index contributed by atoms with van der Waals surface area (Å²) in [5.41, 5.74) is 1.12. The fourth-order valence-electron chi connectivity index (χ4n) is 2.47. The molecule has 0 bridgehead atoms. The summed E-state index contributed by atoms with van der Waals surface area (Å²) in [5, 5.41) is 6.72. The standard InChI is InChI=1S/C16H17ClN2S2/c1-9(16-10(2)19-11(3)20-16)18-8-14-15(17)12-6-4-5-7-13(12)21-14/h4-7,9,18H,8H2,1-3H3. The lowest BCUT2D eigenvalue weighted by atomic mass is 10.2. The van der Waals surface area contributed by atoms with E-state index in [-0.39, 0.29) is 6.04 Å². The fourth-order valence-corrected chi connectivity index (χ4v) is 4.87. The van der Waals surface area contributed by atoms with Gasteiger partial charge in [0.25, 0.3) is 0 Å². The molecule has 1 N–H and O–H groups in total. The van der Waals surface area contributed by atoms with Crippen LogP contribution in [-0.4, -0.2) is 4.98 Å². The van der Waals surface area contributed by atoms with Crippen LogP contribution >= 0.6 is 34.3 Å². The van der Waals surface area contributed by atoms with Crippen molar-refractivity contribution >= 4 is 44.4 Å². The molecule has 0 aliphatic carbocycles. The molecule has 0 aliphatic heterocycles. The number of hydrogen-bond acceptors (Lipinski definition) is 4. The van der Waals surface area contributed by atoms with Crippen molar-refractivity contribution in [2.75, 3.05) is 0 Å². The largest absolute Gasteiger partial charge is 0.304 e. The monoisotopic (exact) mass is 336 g/mol. The number of rotatable bonds is 4. The molecule has 1 aromatic carbocycles. The van der Waals surface area contributed by atoms with Crippen molar-refractivity contribution in [3.63, 3.8) is 0 Å². The van der Waals surface area contributed by atoms with Gasteiger partial charge in [0.1, 0.15) is 0 Å². The lowest BCUT2D eigenvalue weighted by molar-refractivity contribution is 0.584. The van der Waals surface area contributed by atoms with Crippen LogP contribution in [0.4, 0.5) is 0 Å². The molecule has 0 spiro atoms. The highest BCUT2D eigenvalue weighted by atomic mass is 35.5. The highest BCUT2D eigenvalue weighted by Gasteiger charge is 2.15. The Balaban J connectivity index is 1.77. The molecule has 2 aromatic heterocycles. The van der Waals surface area contributed by atoms with Gasteiger partial charge in [-0.1, -0.05) is 29.8 Å². The number of aryl methyl sites for hydroxylation is 2. The molecule has 0 saturated carbocycles. The first-order chi connectivity index (χ1) is 10.1. The summed E-state index contributed by atoms with van der Waals surface area (Å²) >= 11 is 10.0. The summed E-state index contributed by atoms with van der Waals surface area (Å²) < 4.78 is 1.25. The maximum atomic E-state index is 6.48. The summed E-state index contributed by atoms with van der Waals surface area (Å²) in [5.74, 6) is 0. The molecule has 21 heavy (non-hydrogen) atoms. The van der Waals surface area contributed by atoms with Crippen LogP contribution in [0.1, 0.15) is 33.4 Å². The number of benzene rings is 1. The van der Waals surface area contributed by atoms with Crippen molar-refractivity contribution in [2.24, 2.45) is 0 Å². The van der Waals surface area contributed by atoms with E-state index in [0.717, 1.165) is 27.7 Å². The molecule has 0 fully saturated rings. The lowest BCUT2D eigenvalue weighted by Crippen LogP contribution is -2.17. The van der Waals surface area contributed by atoms with E-state index in [2.05, 4.69) is 49.3 Å². The van der Waals surface area contributed by atoms with E-state index in [1.165, 1.54) is 14.5 Å². The highest BCUT2D eigenvalue weighted by Crippen LogP contribution is 2.35. The number of halogens is 1. The number of nitrogens with one attached hydrogen (secondary N) is 1. The van der Waals surface area contributed by atoms with Gasteiger partial charge in [0, 0.05) is 32.4 Å². The van der Waals surface area contributed by atoms with Crippen LogP contribution < -0.4 is 5.32 Å².